The number of ether oxygens (including phenoxy) is 1. The molecule has 1 aromatic heterocycles. The highest BCUT2D eigenvalue weighted by Gasteiger charge is 2.18. The molecule has 2 aromatic carbocycles. The van der Waals surface area contributed by atoms with Gasteiger partial charge in [0.1, 0.15) is 53.1 Å². The van der Waals surface area contributed by atoms with Crippen molar-refractivity contribution in [1.82, 2.24) is 4.98 Å². The van der Waals surface area contributed by atoms with E-state index < -0.39 is 17.2 Å². The van der Waals surface area contributed by atoms with Crippen LogP contribution in [0.2, 0.25) is 0 Å². The third-order valence-electron chi connectivity index (χ3n) is 3.95. The Morgan fingerprint density at radius 2 is 1.61 bits per heavy atom. The Bertz CT molecular complexity index is 1170. The maximum Gasteiger partial charge on any atom is 0.268 e. The lowest BCUT2D eigenvalue weighted by Crippen LogP contribution is -2.16. The molecule has 0 saturated carbocycles. The zero-order valence-corrected chi connectivity index (χ0v) is 14.3. The van der Waals surface area contributed by atoms with Crippen LogP contribution in [0, 0.1) is 34.3 Å². The predicted octanol–water partition coefficient (Wildman–Crippen LogP) is 3.22. The summed E-state index contributed by atoms with van der Waals surface area (Å²) in [6.45, 7) is 0.0386. The number of nitrogens with zero attached hydrogens (tertiary/aromatic N) is 2. The predicted molar refractivity (Wildman–Crippen MR) is 97.0 cm³/mol. The van der Waals surface area contributed by atoms with Crippen molar-refractivity contribution in [2.75, 3.05) is 5.73 Å². The van der Waals surface area contributed by atoms with E-state index in [-0.39, 0.29) is 34.9 Å². The molecule has 0 spiro atoms. The molecule has 0 bridgehead atoms. The van der Waals surface area contributed by atoms with Crippen LogP contribution in [-0.4, -0.2) is 4.98 Å². The van der Waals surface area contributed by atoms with Crippen LogP contribution < -0.4 is 16.0 Å². The number of hydrogen-bond donors (Lipinski definition) is 2. The van der Waals surface area contributed by atoms with Crippen LogP contribution in [0.1, 0.15) is 16.7 Å². The molecule has 3 N–H and O–H groups in total. The number of halogens is 2. The van der Waals surface area contributed by atoms with E-state index in [4.69, 9.17) is 10.5 Å². The van der Waals surface area contributed by atoms with E-state index >= 15 is 0 Å². The Hall–Kier alpha value is -4.17. The van der Waals surface area contributed by atoms with Crippen LogP contribution in [0.5, 0.6) is 5.75 Å². The highest BCUT2D eigenvalue weighted by molar-refractivity contribution is 5.80. The third-order valence-corrected chi connectivity index (χ3v) is 3.95. The molecule has 28 heavy (non-hydrogen) atoms. The van der Waals surface area contributed by atoms with Crippen molar-refractivity contribution in [2.24, 2.45) is 0 Å². The van der Waals surface area contributed by atoms with Crippen LogP contribution in [0.3, 0.4) is 0 Å². The normalized spacial score (nSPS) is 10.1. The number of nitriles is 2. The number of H-pyrrole nitrogens is 1. The van der Waals surface area contributed by atoms with Crippen molar-refractivity contribution in [3.63, 3.8) is 0 Å². The topological polar surface area (TPSA) is 116 Å². The van der Waals surface area contributed by atoms with E-state index in [0.29, 0.717) is 11.1 Å². The average Bonchev–Trinajstić information content (AvgIpc) is 2.65. The summed E-state index contributed by atoms with van der Waals surface area (Å²) in [4.78, 5) is 14.2. The lowest BCUT2D eigenvalue weighted by molar-refractivity contribution is 0.302. The number of aromatic amines is 1. The molecule has 0 amide bonds. The van der Waals surface area contributed by atoms with Crippen molar-refractivity contribution < 1.29 is 13.5 Å². The first-order valence-corrected chi connectivity index (χ1v) is 7.97. The molecule has 0 atom stereocenters. The summed E-state index contributed by atoms with van der Waals surface area (Å²) in [5.41, 5.74) is 6.05. The number of nitrogens with two attached hydrogens (primary N) is 1. The Kier molecular flexibility index (Phi) is 5.05. The molecule has 0 fully saturated rings. The second-order valence-electron chi connectivity index (χ2n) is 5.81. The Balaban J connectivity index is 1.91. The Morgan fingerprint density at radius 3 is 2.18 bits per heavy atom. The zero-order chi connectivity index (χ0) is 20.3. The van der Waals surface area contributed by atoms with Crippen LogP contribution in [0.15, 0.2) is 47.3 Å². The van der Waals surface area contributed by atoms with Crippen molar-refractivity contribution in [3.8, 4) is 29.0 Å². The molecule has 8 heteroatoms. The summed E-state index contributed by atoms with van der Waals surface area (Å²) in [6.07, 6.45) is 0. The van der Waals surface area contributed by atoms with E-state index in [1.165, 1.54) is 0 Å². The lowest BCUT2D eigenvalue weighted by atomic mass is 9.96. The van der Waals surface area contributed by atoms with Crippen LogP contribution >= 0.6 is 0 Å². The number of rotatable bonds is 4. The van der Waals surface area contributed by atoms with Gasteiger partial charge >= 0.3 is 0 Å². The van der Waals surface area contributed by atoms with Gasteiger partial charge in [-0.25, -0.2) is 8.78 Å². The van der Waals surface area contributed by atoms with Gasteiger partial charge in [0.15, 0.2) is 0 Å². The van der Waals surface area contributed by atoms with Crippen molar-refractivity contribution in [2.45, 2.75) is 6.61 Å². The van der Waals surface area contributed by atoms with E-state index in [0.717, 1.165) is 18.2 Å². The fourth-order valence-electron chi connectivity index (χ4n) is 2.68. The monoisotopic (exact) mass is 378 g/mol. The molecular formula is C20H12F2N4O2. The number of nitrogen functional groups attached to an aromatic ring is 1. The van der Waals surface area contributed by atoms with Gasteiger partial charge in [0, 0.05) is 23.8 Å². The van der Waals surface area contributed by atoms with Gasteiger partial charge in [0.05, 0.1) is 0 Å². The number of nitrogens with one attached hydrogen (secondary N) is 1. The standard InChI is InChI=1S/C20H12F2N4O2/c21-13-5-14(22)7-15(6-13)28-10-11-1-3-12(4-2-11)18-16(8-23)19(25)26-20(27)17(18)9-24/h1-7H,10H2,(H3,25,26,27). The number of anilines is 1. The van der Waals surface area contributed by atoms with E-state index in [1.54, 1.807) is 30.3 Å². The fourth-order valence-corrected chi connectivity index (χ4v) is 2.68. The van der Waals surface area contributed by atoms with Gasteiger partial charge in [-0.15, -0.1) is 0 Å². The second-order valence-corrected chi connectivity index (χ2v) is 5.81. The van der Waals surface area contributed by atoms with Gasteiger partial charge in [0.25, 0.3) is 5.56 Å². The number of benzene rings is 2. The number of pyridine rings is 1. The molecule has 0 aliphatic carbocycles. The molecule has 3 rings (SSSR count). The first-order chi connectivity index (χ1) is 13.4. The summed E-state index contributed by atoms with van der Waals surface area (Å²) in [5, 5.41) is 18.6. The summed E-state index contributed by atoms with van der Waals surface area (Å²) < 4.78 is 31.8. The van der Waals surface area contributed by atoms with Crippen LogP contribution in [0.4, 0.5) is 14.6 Å². The molecule has 0 radical (unpaired) electrons. The number of aromatic nitrogens is 1. The van der Waals surface area contributed by atoms with E-state index in [9.17, 15) is 24.1 Å². The molecule has 0 aliphatic heterocycles. The van der Waals surface area contributed by atoms with Crippen LogP contribution in [0.25, 0.3) is 11.1 Å². The van der Waals surface area contributed by atoms with Gasteiger partial charge in [-0.05, 0) is 11.1 Å². The maximum absolute atomic E-state index is 13.2. The van der Waals surface area contributed by atoms with Gasteiger partial charge in [0.2, 0.25) is 0 Å². The van der Waals surface area contributed by atoms with Crippen molar-refractivity contribution in [1.29, 1.82) is 10.5 Å². The fraction of sp³-hybridized carbons (Fsp3) is 0.0500. The second kappa shape index (κ2) is 7.60. The summed E-state index contributed by atoms with van der Waals surface area (Å²) >= 11 is 0. The minimum absolute atomic E-state index is 0.00427. The van der Waals surface area contributed by atoms with Gasteiger partial charge in [-0.2, -0.15) is 10.5 Å². The van der Waals surface area contributed by atoms with Gasteiger partial charge in [-0.3, -0.25) is 4.79 Å². The SMILES string of the molecule is N#Cc1c(N)[nH]c(=O)c(C#N)c1-c1ccc(COc2cc(F)cc(F)c2)cc1. The molecule has 0 saturated heterocycles. The summed E-state index contributed by atoms with van der Waals surface area (Å²) in [7, 11) is 0. The number of hydrogen-bond acceptors (Lipinski definition) is 5. The Labute approximate surface area is 158 Å². The summed E-state index contributed by atoms with van der Waals surface area (Å²) in [6, 6.07) is 13.0. The highest BCUT2D eigenvalue weighted by atomic mass is 19.1. The smallest absolute Gasteiger partial charge is 0.268 e. The van der Waals surface area contributed by atoms with E-state index in [2.05, 4.69) is 4.98 Å². The average molecular weight is 378 g/mol. The first kappa shape index (κ1) is 18.6. The van der Waals surface area contributed by atoms with E-state index in [1.807, 2.05) is 6.07 Å². The molecule has 0 aliphatic rings. The van der Waals surface area contributed by atoms with Crippen LogP contribution in [-0.2, 0) is 6.61 Å². The zero-order valence-electron chi connectivity index (χ0n) is 14.3. The quantitative estimate of drug-likeness (QED) is 0.723. The molecule has 6 nitrogen and oxygen atoms in total. The molecular weight excluding hydrogens is 366 g/mol. The molecule has 138 valence electrons. The van der Waals surface area contributed by atoms with Crippen molar-refractivity contribution >= 4 is 5.82 Å². The Morgan fingerprint density at radius 1 is 1.00 bits per heavy atom. The first-order valence-electron chi connectivity index (χ1n) is 7.97. The lowest BCUT2D eigenvalue weighted by Gasteiger charge is -2.10. The van der Waals surface area contributed by atoms with Gasteiger partial charge < -0.3 is 15.5 Å². The molecule has 3 aromatic rings. The van der Waals surface area contributed by atoms with Gasteiger partial charge in [-0.1, -0.05) is 24.3 Å². The maximum atomic E-state index is 13.2. The van der Waals surface area contributed by atoms with Crippen molar-refractivity contribution in [3.05, 3.63) is 81.1 Å². The third kappa shape index (κ3) is 3.67. The minimum Gasteiger partial charge on any atom is -0.489 e. The molecule has 0 unspecified atom stereocenters. The minimum atomic E-state index is -0.745. The molecule has 1 heterocycles. The summed E-state index contributed by atoms with van der Waals surface area (Å²) in [5.74, 6) is -1.57. The largest absolute Gasteiger partial charge is 0.489 e. The highest BCUT2D eigenvalue weighted by Crippen LogP contribution is 2.28.